The molecule has 0 saturated carbocycles. The molecule has 2 rings (SSSR count). The summed E-state index contributed by atoms with van der Waals surface area (Å²) in [6.07, 6.45) is 1.03. The van der Waals surface area contributed by atoms with Crippen LogP contribution >= 0.6 is 0 Å². The summed E-state index contributed by atoms with van der Waals surface area (Å²) < 4.78 is 10.2. The van der Waals surface area contributed by atoms with Crippen LogP contribution in [-0.2, 0) is 22.4 Å². The third kappa shape index (κ3) is 4.30. The van der Waals surface area contributed by atoms with Crippen molar-refractivity contribution in [3.05, 3.63) is 34.9 Å². The van der Waals surface area contributed by atoms with E-state index in [9.17, 15) is 4.79 Å². The van der Waals surface area contributed by atoms with Gasteiger partial charge in [-0.2, -0.15) is 0 Å². The highest BCUT2D eigenvalue weighted by Gasteiger charge is 2.12. The molecule has 110 valence electrons. The first kappa shape index (κ1) is 15.0. The molecular formula is C15H22N2O3. The Morgan fingerprint density at radius 1 is 1.30 bits per heavy atom. The molecule has 0 bridgehead atoms. The van der Waals surface area contributed by atoms with Crippen LogP contribution < -0.4 is 10.6 Å². The van der Waals surface area contributed by atoms with E-state index in [2.05, 4.69) is 16.7 Å². The highest BCUT2D eigenvalue weighted by atomic mass is 16.5. The van der Waals surface area contributed by atoms with Crippen molar-refractivity contribution in [1.29, 1.82) is 0 Å². The van der Waals surface area contributed by atoms with Crippen molar-refractivity contribution < 1.29 is 14.3 Å². The number of carbonyl (C=O) groups excluding carboxylic acids is 1. The summed E-state index contributed by atoms with van der Waals surface area (Å²) in [5.74, 6) is -0.0475. The molecular weight excluding hydrogens is 256 g/mol. The molecule has 0 fully saturated rings. The maximum Gasteiger partial charge on any atom is 0.251 e. The number of fused-ring (bicyclic) bond motifs is 1. The molecule has 0 atom stereocenters. The van der Waals surface area contributed by atoms with Crippen molar-refractivity contribution in [2.75, 3.05) is 40.0 Å². The Balaban J connectivity index is 1.77. The van der Waals surface area contributed by atoms with Crippen molar-refractivity contribution in [2.24, 2.45) is 0 Å². The number of carbonyl (C=O) groups is 1. The van der Waals surface area contributed by atoms with E-state index >= 15 is 0 Å². The predicted molar refractivity (Wildman–Crippen MR) is 76.9 cm³/mol. The number of benzene rings is 1. The van der Waals surface area contributed by atoms with Gasteiger partial charge in [-0.3, -0.25) is 4.79 Å². The lowest BCUT2D eigenvalue weighted by Crippen LogP contribution is -2.28. The Kier molecular flexibility index (Phi) is 5.98. The van der Waals surface area contributed by atoms with Crippen LogP contribution in [0.4, 0.5) is 0 Å². The van der Waals surface area contributed by atoms with E-state index in [4.69, 9.17) is 9.47 Å². The third-order valence-electron chi connectivity index (χ3n) is 3.32. The normalized spacial score (nSPS) is 13.8. The molecule has 5 heteroatoms. The van der Waals surface area contributed by atoms with Crippen LogP contribution in [-0.4, -0.2) is 45.9 Å². The van der Waals surface area contributed by atoms with Gasteiger partial charge in [0, 0.05) is 25.8 Å². The summed E-state index contributed by atoms with van der Waals surface area (Å²) in [6.45, 7) is 4.00. The van der Waals surface area contributed by atoms with E-state index in [1.807, 2.05) is 12.1 Å². The fraction of sp³-hybridized carbons (Fsp3) is 0.533. The number of hydrogen-bond donors (Lipinski definition) is 2. The summed E-state index contributed by atoms with van der Waals surface area (Å²) in [4.78, 5) is 12.0. The molecule has 1 aromatic rings. The topological polar surface area (TPSA) is 59.6 Å². The van der Waals surface area contributed by atoms with Gasteiger partial charge in [-0.1, -0.05) is 6.07 Å². The second-order valence-corrected chi connectivity index (χ2v) is 4.77. The van der Waals surface area contributed by atoms with Crippen LogP contribution in [0.2, 0.25) is 0 Å². The van der Waals surface area contributed by atoms with Crippen molar-refractivity contribution >= 4 is 5.91 Å². The van der Waals surface area contributed by atoms with Gasteiger partial charge in [-0.05, 0) is 36.2 Å². The maximum atomic E-state index is 12.0. The molecule has 1 aromatic carbocycles. The smallest absolute Gasteiger partial charge is 0.251 e. The van der Waals surface area contributed by atoms with Gasteiger partial charge in [0.2, 0.25) is 0 Å². The quantitative estimate of drug-likeness (QED) is 0.722. The summed E-state index contributed by atoms with van der Waals surface area (Å²) >= 11 is 0. The SMILES string of the molecule is COCCOCCNC(=O)c1ccc2c(c1)CNCC2. The maximum absolute atomic E-state index is 12.0. The van der Waals surface area contributed by atoms with E-state index in [-0.39, 0.29) is 5.91 Å². The van der Waals surface area contributed by atoms with Gasteiger partial charge in [0.05, 0.1) is 19.8 Å². The fourth-order valence-electron chi connectivity index (χ4n) is 2.20. The van der Waals surface area contributed by atoms with Crippen LogP contribution in [0.3, 0.4) is 0 Å². The molecule has 0 aromatic heterocycles. The molecule has 20 heavy (non-hydrogen) atoms. The molecule has 5 nitrogen and oxygen atoms in total. The Morgan fingerprint density at radius 2 is 2.20 bits per heavy atom. The second-order valence-electron chi connectivity index (χ2n) is 4.77. The highest BCUT2D eigenvalue weighted by molar-refractivity contribution is 5.94. The second kappa shape index (κ2) is 7.99. The molecule has 1 aliphatic rings. The van der Waals surface area contributed by atoms with E-state index in [1.165, 1.54) is 11.1 Å². The van der Waals surface area contributed by atoms with Crippen LogP contribution in [0.25, 0.3) is 0 Å². The van der Waals surface area contributed by atoms with Crippen molar-refractivity contribution in [1.82, 2.24) is 10.6 Å². The van der Waals surface area contributed by atoms with Gasteiger partial charge in [0.1, 0.15) is 0 Å². The molecule has 1 heterocycles. The lowest BCUT2D eigenvalue weighted by molar-refractivity contribution is 0.0692. The Bertz CT molecular complexity index is 449. The van der Waals surface area contributed by atoms with Crippen LogP contribution in [0.5, 0.6) is 0 Å². The average Bonchev–Trinajstić information content (AvgIpc) is 2.50. The molecule has 0 spiro atoms. The molecule has 0 unspecified atom stereocenters. The van der Waals surface area contributed by atoms with E-state index in [0.717, 1.165) is 19.5 Å². The van der Waals surface area contributed by atoms with Gasteiger partial charge < -0.3 is 20.1 Å². The standard InChI is InChI=1S/C15H22N2O3/c1-19-8-9-20-7-6-17-15(18)13-3-2-12-4-5-16-11-14(12)10-13/h2-3,10,16H,4-9,11H2,1H3,(H,17,18). The first-order chi connectivity index (χ1) is 9.81. The molecule has 0 aliphatic carbocycles. The summed E-state index contributed by atoms with van der Waals surface area (Å²) in [5, 5.41) is 6.17. The molecule has 1 aliphatic heterocycles. The van der Waals surface area contributed by atoms with E-state index < -0.39 is 0 Å². The van der Waals surface area contributed by atoms with Gasteiger partial charge in [-0.15, -0.1) is 0 Å². The predicted octanol–water partition coefficient (Wildman–Crippen LogP) is 0.725. The van der Waals surface area contributed by atoms with Crippen molar-refractivity contribution in [3.63, 3.8) is 0 Å². The minimum absolute atomic E-state index is 0.0475. The number of nitrogens with one attached hydrogen (secondary N) is 2. The van der Waals surface area contributed by atoms with Crippen molar-refractivity contribution in [3.8, 4) is 0 Å². The number of amides is 1. The van der Waals surface area contributed by atoms with Crippen molar-refractivity contribution in [2.45, 2.75) is 13.0 Å². The first-order valence-electron chi connectivity index (χ1n) is 6.98. The molecule has 1 amide bonds. The monoisotopic (exact) mass is 278 g/mol. The minimum atomic E-state index is -0.0475. The number of methoxy groups -OCH3 is 1. The van der Waals surface area contributed by atoms with E-state index in [1.54, 1.807) is 7.11 Å². The Labute approximate surface area is 119 Å². The number of rotatable bonds is 7. The first-order valence-corrected chi connectivity index (χ1v) is 6.98. The van der Waals surface area contributed by atoms with Crippen LogP contribution in [0, 0.1) is 0 Å². The highest BCUT2D eigenvalue weighted by Crippen LogP contribution is 2.15. The zero-order chi connectivity index (χ0) is 14.2. The Morgan fingerprint density at radius 3 is 3.05 bits per heavy atom. The lowest BCUT2D eigenvalue weighted by Gasteiger charge is -2.17. The number of hydrogen-bond acceptors (Lipinski definition) is 4. The number of ether oxygens (including phenoxy) is 2. The fourth-order valence-corrected chi connectivity index (χ4v) is 2.20. The average molecular weight is 278 g/mol. The zero-order valence-corrected chi connectivity index (χ0v) is 11.9. The van der Waals surface area contributed by atoms with E-state index in [0.29, 0.717) is 31.9 Å². The summed E-state index contributed by atoms with van der Waals surface area (Å²) in [5.41, 5.74) is 3.27. The van der Waals surface area contributed by atoms with Crippen LogP contribution in [0.1, 0.15) is 21.5 Å². The largest absolute Gasteiger partial charge is 0.382 e. The minimum Gasteiger partial charge on any atom is -0.382 e. The molecule has 0 radical (unpaired) electrons. The lowest BCUT2D eigenvalue weighted by atomic mass is 9.98. The van der Waals surface area contributed by atoms with Gasteiger partial charge in [0.25, 0.3) is 5.91 Å². The zero-order valence-electron chi connectivity index (χ0n) is 11.9. The third-order valence-corrected chi connectivity index (χ3v) is 3.32. The molecule has 0 saturated heterocycles. The summed E-state index contributed by atoms with van der Waals surface area (Å²) in [7, 11) is 1.64. The van der Waals surface area contributed by atoms with Gasteiger partial charge >= 0.3 is 0 Å². The van der Waals surface area contributed by atoms with Crippen LogP contribution in [0.15, 0.2) is 18.2 Å². The molecule has 2 N–H and O–H groups in total. The van der Waals surface area contributed by atoms with Gasteiger partial charge in [0.15, 0.2) is 0 Å². The van der Waals surface area contributed by atoms with Gasteiger partial charge in [-0.25, -0.2) is 0 Å². The Hall–Kier alpha value is -1.43. The summed E-state index contributed by atoms with van der Waals surface area (Å²) in [6, 6.07) is 5.92.